The summed E-state index contributed by atoms with van der Waals surface area (Å²) >= 11 is 0. The highest BCUT2D eigenvalue weighted by atomic mass is 16.5. The summed E-state index contributed by atoms with van der Waals surface area (Å²) in [5.41, 5.74) is 1.47. The molecule has 2 aromatic carbocycles. The van der Waals surface area contributed by atoms with Crippen LogP contribution in [0.15, 0.2) is 54.6 Å². The van der Waals surface area contributed by atoms with Gasteiger partial charge in [0.15, 0.2) is 0 Å². The molecule has 0 bridgehead atoms. The molecule has 0 aliphatic rings. The first-order valence-electron chi connectivity index (χ1n) is 9.45. The number of rotatable bonds is 10. The Morgan fingerprint density at radius 2 is 1.66 bits per heavy atom. The molecule has 1 unspecified atom stereocenters. The second-order valence-corrected chi connectivity index (χ2v) is 6.58. The Balaban J connectivity index is 2.14. The van der Waals surface area contributed by atoms with Crippen LogP contribution in [0, 0.1) is 0 Å². The van der Waals surface area contributed by atoms with E-state index in [0.717, 1.165) is 5.56 Å². The third-order valence-corrected chi connectivity index (χ3v) is 4.28. The fraction of sp³-hybridized carbons (Fsp3) is 0.318. The van der Waals surface area contributed by atoms with Crippen LogP contribution in [0.5, 0.6) is 5.75 Å². The van der Waals surface area contributed by atoms with E-state index >= 15 is 0 Å². The fourth-order valence-corrected chi connectivity index (χ4v) is 3.03. The van der Waals surface area contributed by atoms with E-state index in [0.29, 0.717) is 17.9 Å². The highest BCUT2D eigenvalue weighted by molar-refractivity contribution is 5.85. The Labute approximate surface area is 170 Å². The van der Waals surface area contributed by atoms with E-state index in [1.54, 1.807) is 36.4 Å². The highest BCUT2D eigenvalue weighted by Gasteiger charge is 2.25. The lowest BCUT2D eigenvalue weighted by Gasteiger charge is -2.22. The molecule has 154 valence electrons. The van der Waals surface area contributed by atoms with Crippen LogP contribution >= 0.6 is 0 Å². The summed E-state index contributed by atoms with van der Waals surface area (Å²) in [6, 6.07) is 14.5. The van der Waals surface area contributed by atoms with Gasteiger partial charge < -0.3 is 20.5 Å². The first-order valence-corrected chi connectivity index (χ1v) is 9.45. The van der Waals surface area contributed by atoms with Crippen LogP contribution in [-0.4, -0.2) is 35.5 Å². The van der Waals surface area contributed by atoms with Gasteiger partial charge in [-0.15, -0.1) is 0 Å². The van der Waals surface area contributed by atoms with Gasteiger partial charge in [0, 0.05) is 18.9 Å². The normalized spacial score (nSPS) is 12.5. The van der Waals surface area contributed by atoms with Gasteiger partial charge in [0.2, 0.25) is 11.8 Å². The van der Waals surface area contributed by atoms with Gasteiger partial charge in [-0.3, -0.25) is 9.59 Å². The predicted octanol–water partition coefficient (Wildman–Crippen LogP) is 2.46. The molecule has 0 saturated heterocycles. The van der Waals surface area contributed by atoms with Crippen molar-refractivity contribution in [2.75, 3.05) is 6.61 Å². The maximum Gasteiger partial charge on any atom is 0.326 e. The summed E-state index contributed by atoms with van der Waals surface area (Å²) in [6.45, 7) is 3.65. The Bertz CT molecular complexity index is 838. The zero-order chi connectivity index (χ0) is 21.2. The van der Waals surface area contributed by atoms with Gasteiger partial charge in [-0.1, -0.05) is 48.5 Å². The van der Waals surface area contributed by atoms with Crippen molar-refractivity contribution in [3.63, 3.8) is 0 Å². The van der Waals surface area contributed by atoms with Gasteiger partial charge >= 0.3 is 5.97 Å². The van der Waals surface area contributed by atoms with Crippen molar-refractivity contribution in [2.24, 2.45) is 0 Å². The molecule has 2 amide bonds. The highest BCUT2D eigenvalue weighted by Crippen LogP contribution is 2.27. The van der Waals surface area contributed by atoms with Crippen molar-refractivity contribution in [1.82, 2.24) is 10.6 Å². The Morgan fingerprint density at radius 1 is 1.00 bits per heavy atom. The smallest absolute Gasteiger partial charge is 0.326 e. The maximum atomic E-state index is 12.6. The third kappa shape index (κ3) is 6.95. The molecule has 0 aliphatic carbocycles. The van der Waals surface area contributed by atoms with E-state index in [1.807, 2.05) is 25.1 Å². The molecule has 7 nitrogen and oxygen atoms in total. The summed E-state index contributed by atoms with van der Waals surface area (Å²) in [5, 5.41) is 14.8. The van der Waals surface area contributed by atoms with E-state index in [4.69, 9.17) is 4.74 Å². The van der Waals surface area contributed by atoms with Crippen LogP contribution < -0.4 is 15.4 Å². The lowest BCUT2D eigenvalue weighted by atomic mass is 10.0. The minimum Gasteiger partial charge on any atom is -0.494 e. The molecule has 0 saturated carbocycles. The number of carbonyl (C=O) groups is 3. The molecule has 0 heterocycles. The number of carbonyl (C=O) groups excluding carboxylic acids is 2. The van der Waals surface area contributed by atoms with Crippen molar-refractivity contribution >= 4 is 17.8 Å². The first-order chi connectivity index (χ1) is 13.9. The van der Waals surface area contributed by atoms with Gasteiger partial charge in [0.05, 0.1) is 19.1 Å². The number of benzene rings is 2. The lowest BCUT2D eigenvalue weighted by molar-refractivity contribution is -0.142. The lowest BCUT2D eigenvalue weighted by Crippen LogP contribution is -2.43. The molecule has 29 heavy (non-hydrogen) atoms. The Morgan fingerprint density at radius 3 is 2.28 bits per heavy atom. The van der Waals surface area contributed by atoms with E-state index in [1.165, 1.54) is 6.92 Å². The fourth-order valence-electron chi connectivity index (χ4n) is 3.03. The van der Waals surface area contributed by atoms with Crippen LogP contribution in [0.2, 0.25) is 0 Å². The van der Waals surface area contributed by atoms with Gasteiger partial charge in [0.1, 0.15) is 11.8 Å². The standard InChI is InChI=1S/C22H26N2O5/c1-3-29-20-12-8-7-11-17(20)18(23-15(2)25)14-21(26)24-19(22(27)28)13-16-9-5-4-6-10-16/h4-12,18-19H,3,13-14H2,1-2H3,(H,23,25)(H,24,26)(H,27,28)/t18?,19-/m1/s1. The third-order valence-electron chi connectivity index (χ3n) is 4.28. The summed E-state index contributed by atoms with van der Waals surface area (Å²) < 4.78 is 5.60. The number of carboxylic acids is 1. The van der Waals surface area contributed by atoms with E-state index < -0.39 is 24.0 Å². The molecule has 0 aliphatic heterocycles. The molecule has 7 heteroatoms. The summed E-state index contributed by atoms with van der Waals surface area (Å²) in [6.07, 6.45) is 0.0600. The topological polar surface area (TPSA) is 105 Å². The maximum absolute atomic E-state index is 12.6. The molecule has 2 rings (SSSR count). The largest absolute Gasteiger partial charge is 0.494 e. The number of ether oxygens (including phenoxy) is 1. The minimum absolute atomic E-state index is 0.109. The van der Waals surface area contributed by atoms with Gasteiger partial charge in [-0.05, 0) is 18.6 Å². The van der Waals surface area contributed by atoms with Gasteiger partial charge in [0.25, 0.3) is 0 Å². The van der Waals surface area contributed by atoms with Crippen molar-refractivity contribution in [3.05, 3.63) is 65.7 Å². The minimum atomic E-state index is -1.12. The molecular formula is C22H26N2O5. The van der Waals surface area contributed by atoms with Crippen molar-refractivity contribution in [2.45, 2.75) is 38.8 Å². The van der Waals surface area contributed by atoms with Crippen LogP contribution in [0.4, 0.5) is 0 Å². The monoisotopic (exact) mass is 398 g/mol. The summed E-state index contributed by atoms with van der Waals surface area (Å²) in [7, 11) is 0. The molecule has 0 fully saturated rings. The molecular weight excluding hydrogens is 372 g/mol. The number of hydrogen-bond donors (Lipinski definition) is 3. The van der Waals surface area contributed by atoms with Gasteiger partial charge in [-0.2, -0.15) is 0 Å². The summed E-state index contributed by atoms with van der Waals surface area (Å²) in [5.74, 6) is -1.32. The summed E-state index contributed by atoms with van der Waals surface area (Å²) in [4.78, 5) is 35.9. The zero-order valence-corrected chi connectivity index (χ0v) is 16.6. The molecule has 3 N–H and O–H groups in total. The number of aliphatic carboxylic acids is 1. The average molecular weight is 398 g/mol. The number of amides is 2. The Hall–Kier alpha value is -3.35. The van der Waals surface area contributed by atoms with Crippen molar-refractivity contribution in [1.29, 1.82) is 0 Å². The van der Waals surface area contributed by atoms with Crippen LogP contribution in [0.3, 0.4) is 0 Å². The second kappa shape index (κ2) is 10.8. The number of hydrogen-bond acceptors (Lipinski definition) is 4. The Kier molecular flexibility index (Phi) is 8.21. The van der Waals surface area contributed by atoms with Crippen LogP contribution in [0.25, 0.3) is 0 Å². The van der Waals surface area contributed by atoms with E-state index in [9.17, 15) is 19.5 Å². The molecule has 0 radical (unpaired) electrons. The molecule has 2 atom stereocenters. The van der Waals surface area contributed by atoms with E-state index in [2.05, 4.69) is 10.6 Å². The van der Waals surface area contributed by atoms with Crippen molar-refractivity contribution < 1.29 is 24.2 Å². The predicted molar refractivity (Wildman–Crippen MR) is 108 cm³/mol. The molecule has 2 aromatic rings. The zero-order valence-electron chi connectivity index (χ0n) is 16.6. The number of nitrogens with one attached hydrogen (secondary N) is 2. The number of para-hydroxylation sites is 1. The first kappa shape index (κ1) is 21.9. The van der Waals surface area contributed by atoms with Crippen LogP contribution in [0.1, 0.15) is 37.4 Å². The molecule has 0 aromatic heterocycles. The van der Waals surface area contributed by atoms with Crippen LogP contribution in [-0.2, 0) is 20.8 Å². The number of carboxylic acid groups (broad SMARTS) is 1. The second-order valence-electron chi connectivity index (χ2n) is 6.58. The van der Waals surface area contributed by atoms with Crippen molar-refractivity contribution in [3.8, 4) is 5.75 Å². The average Bonchev–Trinajstić information content (AvgIpc) is 2.68. The SMILES string of the molecule is CCOc1ccccc1C(CC(=O)N[C@H](Cc1ccccc1)C(=O)O)NC(C)=O. The van der Waals surface area contributed by atoms with E-state index in [-0.39, 0.29) is 18.7 Å². The van der Waals surface area contributed by atoms with Gasteiger partial charge in [-0.25, -0.2) is 4.79 Å². The molecule has 0 spiro atoms. The quantitative estimate of drug-likeness (QED) is 0.570.